The number of allylic oxidation sites excluding steroid dienone is 3. The average molecular weight is 538 g/mol. The van der Waals surface area contributed by atoms with Gasteiger partial charge in [0.15, 0.2) is 0 Å². The maximum absolute atomic E-state index is 13.6. The number of nitrogens with zero attached hydrogens (tertiary/aromatic N) is 2. The van der Waals surface area contributed by atoms with Crippen molar-refractivity contribution in [2.45, 2.75) is 44.4 Å². The highest BCUT2D eigenvalue weighted by Gasteiger charge is 2.38. The molecule has 3 aromatic rings. The van der Waals surface area contributed by atoms with Crippen LogP contribution in [0.4, 0.5) is 0 Å². The summed E-state index contributed by atoms with van der Waals surface area (Å²) >= 11 is 0. The lowest BCUT2D eigenvalue weighted by Gasteiger charge is -2.27. The Kier molecular flexibility index (Phi) is 7.73. The zero-order chi connectivity index (χ0) is 27.5. The van der Waals surface area contributed by atoms with Crippen molar-refractivity contribution >= 4 is 32.8 Å². The molecule has 0 fully saturated rings. The van der Waals surface area contributed by atoms with Crippen LogP contribution >= 0.6 is 0 Å². The van der Waals surface area contributed by atoms with Crippen LogP contribution in [0.1, 0.15) is 59.4 Å². The van der Waals surface area contributed by atoms with E-state index in [4.69, 9.17) is 4.74 Å². The number of esters is 1. The minimum Gasteiger partial charge on any atom is -0.462 e. The van der Waals surface area contributed by atoms with Gasteiger partial charge in [-0.2, -0.15) is 0 Å². The topological polar surface area (TPSA) is 116 Å². The van der Waals surface area contributed by atoms with Crippen molar-refractivity contribution in [1.29, 1.82) is 0 Å². The standard InChI is InChI=1S/C28H31N3O6S/c1-4-5-16-37-27(34)21-17-23(25(32)29-3)26(33)30(19-21)18-20-10-9-11-24-22(20)12-15-31(24)38(35,36)28(2)13-7-6-8-14-28/h6-13,15,17,19H,4-5,14,16,18H2,1-3H3,(H,29,32). The van der Waals surface area contributed by atoms with E-state index in [0.717, 1.165) is 6.42 Å². The van der Waals surface area contributed by atoms with Crippen molar-refractivity contribution in [3.8, 4) is 0 Å². The van der Waals surface area contributed by atoms with E-state index in [-0.39, 0.29) is 24.3 Å². The van der Waals surface area contributed by atoms with Crippen molar-refractivity contribution in [3.05, 3.63) is 94.1 Å². The van der Waals surface area contributed by atoms with Gasteiger partial charge in [0, 0.05) is 24.8 Å². The van der Waals surface area contributed by atoms with Gasteiger partial charge >= 0.3 is 5.97 Å². The zero-order valence-corrected chi connectivity index (χ0v) is 22.5. The normalized spacial score (nSPS) is 17.0. The van der Waals surface area contributed by atoms with Crippen LogP contribution in [0.15, 0.2) is 71.8 Å². The fourth-order valence-electron chi connectivity index (χ4n) is 4.42. The SMILES string of the molecule is CCCCOC(=O)c1cc(C(=O)NC)c(=O)n(Cc2cccc3c2ccn3S(=O)(=O)C2(C)C=CC=CC2)c1. The van der Waals surface area contributed by atoms with Crippen molar-refractivity contribution in [1.82, 2.24) is 13.9 Å². The molecule has 2 aromatic heterocycles. The van der Waals surface area contributed by atoms with E-state index in [2.05, 4.69) is 5.32 Å². The predicted molar refractivity (Wildman–Crippen MR) is 146 cm³/mol. The highest BCUT2D eigenvalue weighted by Crippen LogP contribution is 2.32. The summed E-state index contributed by atoms with van der Waals surface area (Å²) in [7, 11) is -2.39. The molecule has 1 unspecified atom stereocenters. The van der Waals surface area contributed by atoms with E-state index in [9.17, 15) is 22.8 Å². The third-order valence-corrected chi connectivity index (χ3v) is 9.04. The van der Waals surface area contributed by atoms with Crippen LogP contribution < -0.4 is 10.9 Å². The molecule has 10 heteroatoms. The average Bonchev–Trinajstić information content (AvgIpc) is 3.36. The van der Waals surface area contributed by atoms with Crippen molar-refractivity contribution in [3.63, 3.8) is 0 Å². The molecule has 9 nitrogen and oxygen atoms in total. The smallest absolute Gasteiger partial charge is 0.339 e. The zero-order valence-electron chi connectivity index (χ0n) is 21.6. The number of aromatic nitrogens is 2. The third kappa shape index (κ3) is 4.96. The van der Waals surface area contributed by atoms with Crippen molar-refractivity contribution in [2.24, 2.45) is 0 Å². The van der Waals surface area contributed by atoms with Gasteiger partial charge in [0.2, 0.25) is 10.0 Å². The summed E-state index contributed by atoms with van der Waals surface area (Å²) in [6.45, 7) is 3.90. The maximum Gasteiger partial charge on any atom is 0.339 e. The van der Waals surface area contributed by atoms with Gasteiger partial charge < -0.3 is 14.6 Å². The molecule has 1 aliphatic rings. The summed E-state index contributed by atoms with van der Waals surface area (Å²) in [6.07, 6.45) is 11.8. The highest BCUT2D eigenvalue weighted by molar-refractivity contribution is 7.91. The Bertz CT molecular complexity index is 1610. The van der Waals surface area contributed by atoms with Gasteiger partial charge in [-0.25, -0.2) is 17.2 Å². The molecule has 1 atom stereocenters. The number of pyridine rings is 1. The largest absolute Gasteiger partial charge is 0.462 e. The minimum absolute atomic E-state index is 0.0141. The third-order valence-electron chi connectivity index (χ3n) is 6.72. The first-order valence-electron chi connectivity index (χ1n) is 12.4. The molecular weight excluding hydrogens is 506 g/mol. The molecule has 1 N–H and O–H groups in total. The Hall–Kier alpha value is -3.92. The van der Waals surface area contributed by atoms with Gasteiger partial charge in [0.1, 0.15) is 10.3 Å². The molecule has 0 radical (unpaired) electrons. The monoisotopic (exact) mass is 537 g/mol. The highest BCUT2D eigenvalue weighted by atomic mass is 32.2. The summed E-state index contributed by atoms with van der Waals surface area (Å²) in [5, 5.41) is 3.07. The minimum atomic E-state index is -3.80. The summed E-state index contributed by atoms with van der Waals surface area (Å²) < 4.78 is 34.0. The van der Waals surface area contributed by atoms with Gasteiger partial charge in [0.25, 0.3) is 11.5 Å². The van der Waals surface area contributed by atoms with Crippen molar-refractivity contribution in [2.75, 3.05) is 13.7 Å². The number of unbranched alkanes of at least 4 members (excludes halogenated alkanes) is 1. The number of nitrogens with one attached hydrogen (secondary N) is 1. The molecular formula is C28H31N3O6S. The molecule has 4 rings (SSSR count). The number of amides is 1. The van der Waals surface area contributed by atoms with E-state index in [1.165, 1.54) is 34.0 Å². The first-order valence-corrected chi connectivity index (χ1v) is 13.9. The number of rotatable bonds is 9. The fraction of sp³-hybridized carbons (Fsp3) is 0.321. The first-order chi connectivity index (χ1) is 18.1. The lowest BCUT2D eigenvalue weighted by atomic mass is 10.0. The number of ether oxygens (including phenoxy) is 1. The number of benzene rings is 1. The van der Waals surface area contributed by atoms with Gasteiger partial charge in [-0.1, -0.05) is 49.8 Å². The maximum atomic E-state index is 13.6. The van der Waals surface area contributed by atoms with Gasteiger partial charge in [-0.3, -0.25) is 9.59 Å². The molecule has 38 heavy (non-hydrogen) atoms. The second-order valence-electron chi connectivity index (χ2n) is 9.41. The van der Waals surface area contributed by atoms with E-state index in [1.54, 1.807) is 43.3 Å². The number of hydrogen-bond donors (Lipinski definition) is 1. The van der Waals surface area contributed by atoms with E-state index < -0.39 is 32.2 Å². The van der Waals surface area contributed by atoms with Crippen molar-refractivity contribution < 1.29 is 22.7 Å². The molecule has 200 valence electrons. The number of carbonyl (C=O) groups excluding carboxylic acids is 2. The quantitative estimate of drug-likeness (QED) is 0.329. The van der Waals surface area contributed by atoms with Crippen LogP contribution in [0, 0.1) is 0 Å². The molecule has 0 bridgehead atoms. The van der Waals surface area contributed by atoms with Crippen LogP contribution in [-0.4, -0.2) is 47.2 Å². The fourth-order valence-corrected chi connectivity index (χ4v) is 6.06. The second kappa shape index (κ2) is 10.8. The molecule has 0 aliphatic heterocycles. The summed E-state index contributed by atoms with van der Waals surface area (Å²) in [4.78, 5) is 38.3. The Morgan fingerprint density at radius 3 is 2.66 bits per heavy atom. The molecule has 1 aromatic carbocycles. The molecule has 2 heterocycles. The van der Waals surface area contributed by atoms with Gasteiger partial charge in [-0.05, 0) is 43.5 Å². The van der Waals surface area contributed by atoms with Crippen LogP contribution in [0.5, 0.6) is 0 Å². The second-order valence-corrected chi connectivity index (χ2v) is 11.7. The summed E-state index contributed by atoms with van der Waals surface area (Å²) in [5.74, 6) is -1.25. The number of fused-ring (bicyclic) bond motifs is 1. The Morgan fingerprint density at radius 1 is 1.18 bits per heavy atom. The van der Waals surface area contributed by atoms with E-state index in [0.29, 0.717) is 29.3 Å². The van der Waals surface area contributed by atoms with Crippen LogP contribution in [0.2, 0.25) is 0 Å². The number of carbonyl (C=O) groups is 2. The molecule has 0 spiro atoms. The molecule has 1 aliphatic carbocycles. The Balaban J connectivity index is 1.77. The summed E-state index contributed by atoms with van der Waals surface area (Å²) in [6, 6.07) is 8.14. The van der Waals surface area contributed by atoms with Crippen LogP contribution in [0.25, 0.3) is 10.9 Å². The van der Waals surface area contributed by atoms with E-state index in [1.807, 2.05) is 19.1 Å². The van der Waals surface area contributed by atoms with Crippen LogP contribution in [0.3, 0.4) is 0 Å². The molecule has 0 saturated heterocycles. The molecule has 1 amide bonds. The first kappa shape index (κ1) is 27.1. The molecule has 0 saturated carbocycles. The Morgan fingerprint density at radius 2 is 1.97 bits per heavy atom. The predicted octanol–water partition coefficient (Wildman–Crippen LogP) is 3.62. The lowest BCUT2D eigenvalue weighted by molar-refractivity contribution is 0.0498. The van der Waals surface area contributed by atoms with E-state index >= 15 is 0 Å². The van der Waals surface area contributed by atoms with Gasteiger partial charge in [0.05, 0.1) is 24.2 Å². The Labute approximate surface area is 221 Å². The van der Waals surface area contributed by atoms with Gasteiger partial charge in [-0.15, -0.1) is 0 Å². The van der Waals surface area contributed by atoms with Crippen LogP contribution in [-0.2, 0) is 21.3 Å². The lowest BCUT2D eigenvalue weighted by Crippen LogP contribution is -2.37. The number of hydrogen-bond acceptors (Lipinski definition) is 6. The summed E-state index contributed by atoms with van der Waals surface area (Å²) in [5.41, 5.74) is 0.445.